The number of aryl methyl sites for hydroxylation is 1. The van der Waals surface area contributed by atoms with E-state index in [0.717, 1.165) is 72.3 Å². The molecule has 10 heteroatoms. The standard InChI is InChI=1S/C28H34N6O3S/c1-19-11-22(24-14-32-37-17-24)13-26-27(19)30-18-31-28(26)34-10-7-21-3-4-25(12-23(21)16-34)38(35,36)33(2)15-20-5-8-29-9-6-20/h3-4,11-14,18,20,24,29H,5-10,15-17H2,1-2H3. The third kappa shape index (κ3) is 4.76. The zero-order valence-electron chi connectivity index (χ0n) is 21.9. The summed E-state index contributed by atoms with van der Waals surface area (Å²) in [5.74, 6) is 1.38. The molecule has 1 saturated heterocycles. The Labute approximate surface area is 223 Å². The van der Waals surface area contributed by atoms with Crippen molar-refractivity contribution < 1.29 is 13.3 Å². The number of nitrogens with zero attached hydrogens (tertiary/aromatic N) is 5. The van der Waals surface area contributed by atoms with Gasteiger partial charge in [0.2, 0.25) is 10.0 Å². The van der Waals surface area contributed by atoms with Crippen LogP contribution in [0.2, 0.25) is 0 Å². The number of sulfonamides is 1. The Balaban J connectivity index is 1.28. The first-order valence-corrected chi connectivity index (χ1v) is 14.8. The third-order valence-corrected chi connectivity index (χ3v) is 9.92. The highest BCUT2D eigenvalue weighted by molar-refractivity contribution is 7.89. The zero-order chi connectivity index (χ0) is 26.3. The monoisotopic (exact) mass is 534 g/mol. The maximum absolute atomic E-state index is 13.5. The van der Waals surface area contributed by atoms with Crippen LogP contribution in [0.15, 0.2) is 46.7 Å². The summed E-state index contributed by atoms with van der Waals surface area (Å²) >= 11 is 0. The molecule has 9 nitrogen and oxygen atoms in total. The SMILES string of the molecule is Cc1cc(C2C=NOC2)cc2c(N3CCc4ccc(S(=O)(=O)N(C)CC5CCNCC5)cc4C3)ncnc12. The van der Waals surface area contributed by atoms with Crippen LogP contribution in [0.4, 0.5) is 5.82 Å². The van der Waals surface area contributed by atoms with Gasteiger partial charge in [-0.05, 0) is 85.6 Å². The number of rotatable bonds is 6. The number of nitrogens with one attached hydrogen (secondary N) is 1. The first-order chi connectivity index (χ1) is 18.4. The molecule has 0 saturated carbocycles. The molecule has 1 N–H and O–H groups in total. The van der Waals surface area contributed by atoms with Crippen LogP contribution in [0, 0.1) is 12.8 Å². The smallest absolute Gasteiger partial charge is 0.242 e. The Bertz CT molecular complexity index is 1490. The summed E-state index contributed by atoms with van der Waals surface area (Å²) in [7, 11) is -1.86. The van der Waals surface area contributed by atoms with Gasteiger partial charge in [-0.2, -0.15) is 0 Å². The summed E-state index contributed by atoms with van der Waals surface area (Å²) in [6.45, 7) is 6.46. The van der Waals surface area contributed by atoms with E-state index in [1.807, 2.05) is 18.3 Å². The second-order valence-corrected chi connectivity index (χ2v) is 12.7. The van der Waals surface area contributed by atoms with E-state index in [2.05, 4.69) is 39.4 Å². The first-order valence-electron chi connectivity index (χ1n) is 13.3. The average molecular weight is 535 g/mol. The maximum Gasteiger partial charge on any atom is 0.242 e. The van der Waals surface area contributed by atoms with Crippen LogP contribution in [0.25, 0.3) is 10.9 Å². The molecule has 0 radical (unpaired) electrons. The number of fused-ring (bicyclic) bond motifs is 2. The molecule has 0 aliphatic carbocycles. The van der Waals surface area contributed by atoms with Gasteiger partial charge < -0.3 is 15.1 Å². The normalized spacial score (nSPS) is 20.2. The molecule has 38 heavy (non-hydrogen) atoms. The fourth-order valence-corrected chi connectivity index (χ4v) is 7.17. The second-order valence-electron chi connectivity index (χ2n) is 10.7. The van der Waals surface area contributed by atoms with Crippen molar-refractivity contribution in [3.05, 3.63) is 58.9 Å². The zero-order valence-corrected chi connectivity index (χ0v) is 22.7. The highest BCUT2D eigenvalue weighted by Crippen LogP contribution is 2.33. The van der Waals surface area contributed by atoms with Gasteiger partial charge in [-0.1, -0.05) is 17.3 Å². The average Bonchev–Trinajstić information content (AvgIpc) is 3.48. The summed E-state index contributed by atoms with van der Waals surface area (Å²) in [6.07, 6.45) is 6.30. The third-order valence-electron chi connectivity index (χ3n) is 8.10. The lowest BCUT2D eigenvalue weighted by Gasteiger charge is -2.31. The van der Waals surface area contributed by atoms with Gasteiger partial charge in [0.05, 0.1) is 22.5 Å². The predicted molar refractivity (Wildman–Crippen MR) is 148 cm³/mol. The van der Waals surface area contributed by atoms with E-state index in [1.165, 1.54) is 9.87 Å². The number of aromatic nitrogens is 2. The Hall–Kier alpha value is -3.08. The molecular formula is C28H34N6O3S. The highest BCUT2D eigenvalue weighted by Gasteiger charge is 2.28. The molecule has 0 amide bonds. The summed E-state index contributed by atoms with van der Waals surface area (Å²) in [5.41, 5.74) is 5.37. The first kappa shape index (κ1) is 25.2. The Morgan fingerprint density at radius 1 is 1.13 bits per heavy atom. The van der Waals surface area contributed by atoms with Crippen molar-refractivity contribution in [2.75, 3.05) is 44.7 Å². The van der Waals surface area contributed by atoms with Crippen molar-refractivity contribution >= 4 is 33.0 Å². The van der Waals surface area contributed by atoms with Gasteiger partial charge in [-0.25, -0.2) is 22.7 Å². The lowest BCUT2D eigenvalue weighted by Crippen LogP contribution is -2.37. The molecule has 1 aromatic heterocycles. The number of hydrogen-bond donors (Lipinski definition) is 1. The molecule has 3 aliphatic heterocycles. The van der Waals surface area contributed by atoms with Crippen LogP contribution in [-0.2, 0) is 27.8 Å². The fourth-order valence-electron chi connectivity index (χ4n) is 5.87. The Morgan fingerprint density at radius 3 is 2.76 bits per heavy atom. The van der Waals surface area contributed by atoms with E-state index >= 15 is 0 Å². The number of anilines is 1. The van der Waals surface area contributed by atoms with Crippen LogP contribution in [0.1, 0.15) is 41.0 Å². The summed E-state index contributed by atoms with van der Waals surface area (Å²) in [4.78, 5) is 17.1. The largest absolute Gasteiger partial charge is 0.395 e. The van der Waals surface area contributed by atoms with Gasteiger partial charge in [-0.15, -0.1) is 0 Å². The van der Waals surface area contributed by atoms with Crippen LogP contribution >= 0.6 is 0 Å². The van der Waals surface area contributed by atoms with Crippen LogP contribution in [0.3, 0.4) is 0 Å². The van der Waals surface area contributed by atoms with Crippen LogP contribution < -0.4 is 10.2 Å². The molecule has 0 bridgehead atoms. The van der Waals surface area contributed by atoms with Crippen molar-refractivity contribution in [3.8, 4) is 0 Å². The molecule has 1 atom stereocenters. The quantitative estimate of drug-likeness (QED) is 0.518. The van der Waals surface area contributed by atoms with E-state index in [-0.39, 0.29) is 5.92 Å². The van der Waals surface area contributed by atoms with E-state index in [0.29, 0.717) is 30.5 Å². The molecule has 1 unspecified atom stereocenters. The van der Waals surface area contributed by atoms with Crippen molar-refractivity contribution in [2.24, 2.45) is 11.1 Å². The van der Waals surface area contributed by atoms with Crippen molar-refractivity contribution in [1.82, 2.24) is 19.6 Å². The van der Waals surface area contributed by atoms with Gasteiger partial charge in [0.1, 0.15) is 18.8 Å². The maximum atomic E-state index is 13.5. The van der Waals surface area contributed by atoms with E-state index in [4.69, 9.17) is 9.82 Å². The van der Waals surface area contributed by atoms with Crippen molar-refractivity contribution in [1.29, 1.82) is 0 Å². The van der Waals surface area contributed by atoms with Gasteiger partial charge in [0, 0.05) is 32.1 Å². The van der Waals surface area contributed by atoms with Gasteiger partial charge in [-0.3, -0.25) is 0 Å². The van der Waals surface area contributed by atoms with Gasteiger partial charge in [0.15, 0.2) is 0 Å². The molecular weight excluding hydrogens is 500 g/mol. The summed E-state index contributed by atoms with van der Waals surface area (Å²) in [6, 6.07) is 9.91. The van der Waals surface area contributed by atoms with Crippen LogP contribution in [0.5, 0.6) is 0 Å². The van der Waals surface area contributed by atoms with E-state index in [1.54, 1.807) is 19.4 Å². The number of hydrogen-bond acceptors (Lipinski definition) is 8. The Morgan fingerprint density at radius 2 is 1.97 bits per heavy atom. The van der Waals surface area contributed by atoms with Gasteiger partial charge in [0.25, 0.3) is 0 Å². The summed E-state index contributed by atoms with van der Waals surface area (Å²) < 4.78 is 28.5. The lowest BCUT2D eigenvalue weighted by atomic mass is 9.96. The number of oxime groups is 1. The molecule has 2 aromatic carbocycles. The summed E-state index contributed by atoms with van der Waals surface area (Å²) in [5, 5.41) is 8.28. The number of piperidine rings is 1. The second kappa shape index (κ2) is 10.2. The fraction of sp³-hybridized carbons (Fsp3) is 0.464. The van der Waals surface area contributed by atoms with E-state index < -0.39 is 10.0 Å². The molecule has 4 heterocycles. The van der Waals surface area contributed by atoms with Crippen LogP contribution in [-0.4, -0.2) is 68.7 Å². The molecule has 200 valence electrons. The topological polar surface area (TPSA) is 100 Å². The lowest BCUT2D eigenvalue weighted by molar-refractivity contribution is 0.166. The molecule has 1 fully saturated rings. The van der Waals surface area contributed by atoms with Gasteiger partial charge >= 0.3 is 0 Å². The highest BCUT2D eigenvalue weighted by atomic mass is 32.2. The molecule has 0 spiro atoms. The Kier molecular flexibility index (Phi) is 6.79. The molecule has 6 rings (SSSR count). The minimum Gasteiger partial charge on any atom is -0.395 e. The van der Waals surface area contributed by atoms with Crippen molar-refractivity contribution in [2.45, 2.75) is 43.5 Å². The minimum atomic E-state index is -3.56. The number of benzene rings is 2. The van der Waals surface area contributed by atoms with Crippen molar-refractivity contribution in [3.63, 3.8) is 0 Å². The molecule has 3 aliphatic rings. The molecule has 3 aromatic rings. The van der Waals surface area contributed by atoms with E-state index in [9.17, 15) is 8.42 Å². The predicted octanol–water partition coefficient (Wildman–Crippen LogP) is 3.22. The minimum absolute atomic E-state index is 0.114.